The minimum absolute atomic E-state index is 0.0986. The number of benzene rings is 1. The zero-order chi connectivity index (χ0) is 11.7. The number of carbonyl (C=O) groups is 1. The summed E-state index contributed by atoms with van der Waals surface area (Å²) in [6, 6.07) is 5.58. The Kier molecular flexibility index (Phi) is 2.83. The van der Waals surface area contributed by atoms with Crippen molar-refractivity contribution in [1.82, 2.24) is 0 Å². The highest BCUT2D eigenvalue weighted by molar-refractivity contribution is 6.28. The average Bonchev–Trinajstić information content (AvgIpc) is 2.55. The standard InChI is InChI=1S/C11H12ClN3O/c1-15-9-5-8(14-10(13)6-12)3-2-7(9)4-11(15)16/h2-3,5H,4,6H2,1H3,(H2,13,14). The Morgan fingerprint density at radius 3 is 3.06 bits per heavy atom. The van der Waals surface area contributed by atoms with Crippen LogP contribution in [0.25, 0.3) is 0 Å². The summed E-state index contributed by atoms with van der Waals surface area (Å²) >= 11 is 5.55. The molecule has 0 fully saturated rings. The van der Waals surface area contributed by atoms with Gasteiger partial charge in [-0.05, 0) is 17.7 Å². The summed E-state index contributed by atoms with van der Waals surface area (Å²) in [5, 5.41) is 0. The van der Waals surface area contributed by atoms with Crippen LogP contribution in [-0.2, 0) is 11.2 Å². The van der Waals surface area contributed by atoms with E-state index in [1.807, 2.05) is 18.2 Å². The van der Waals surface area contributed by atoms with Gasteiger partial charge in [0.1, 0.15) is 5.84 Å². The Bertz CT molecular complexity index is 470. The lowest BCUT2D eigenvalue weighted by Gasteiger charge is -2.10. The number of hydrogen-bond donors (Lipinski definition) is 1. The minimum Gasteiger partial charge on any atom is -0.386 e. The molecule has 0 radical (unpaired) electrons. The molecule has 0 saturated heterocycles. The molecular formula is C11H12ClN3O. The van der Waals surface area contributed by atoms with E-state index in [1.165, 1.54) is 0 Å². The molecule has 0 aromatic heterocycles. The molecule has 1 aromatic rings. The van der Waals surface area contributed by atoms with Gasteiger partial charge in [-0.1, -0.05) is 6.07 Å². The zero-order valence-electron chi connectivity index (χ0n) is 8.90. The maximum Gasteiger partial charge on any atom is 0.231 e. The third-order valence-electron chi connectivity index (χ3n) is 2.56. The molecule has 1 amide bonds. The number of amides is 1. The van der Waals surface area contributed by atoms with Crippen LogP contribution in [-0.4, -0.2) is 24.7 Å². The lowest BCUT2D eigenvalue weighted by atomic mass is 10.1. The van der Waals surface area contributed by atoms with E-state index in [2.05, 4.69) is 4.99 Å². The summed E-state index contributed by atoms with van der Waals surface area (Å²) in [7, 11) is 1.76. The van der Waals surface area contributed by atoms with Gasteiger partial charge in [-0.25, -0.2) is 4.99 Å². The first-order chi connectivity index (χ1) is 7.61. The topological polar surface area (TPSA) is 58.7 Å². The Labute approximate surface area is 98.7 Å². The second-order valence-corrected chi connectivity index (χ2v) is 3.95. The lowest BCUT2D eigenvalue weighted by molar-refractivity contribution is -0.117. The first kappa shape index (κ1) is 11.0. The van der Waals surface area contributed by atoms with Crippen molar-refractivity contribution in [1.29, 1.82) is 0 Å². The van der Waals surface area contributed by atoms with E-state index in [4.69, 9.17) is 17.3 Å². The molecular weight excluding hydrogens is 226 g/mol. The lowest BCUT2D eigenvalue weighted by Crippen LogP contribution is -2.20. The summed E-state index contributed by atoms with van der Waals surface area (Å²) in [4.78, 5) is 17.2. The van der Waals surface area contributed by atoms with Crippen LogP contribution in [0.15, 0.2) is 23.2 Å². The van der Waals surface area contributed by atoms with Gasteiger partial charge in [0.2, 0.25) is 5.91 Å². The second kappa shape index (κ2) is 4.14. The normalized spacial score (nSPS) is 15.5. The Morgan fingerprint density at radius 1 is 1.62 bits per heavy atom. The van der Waals surface area contributed by atoms with E-state index in [-0.39, 0.29) is 11.8 Å². The SMILES string of the molecule is CN1C(=O)Cc2ccc(N=C(N)CCl)cc21. The van der Waals surface area contributed by atoms with Crippen LogP contribution in [0.3, 0.4) is 0 Å². The van der Waals surface area contributed by atoms with E-state index in [0.29, 0.717) is 12.3 Å². The number of halogens is 1. The highest BCUT2D eigenvalue weighted by atomic mass is 35.5. The fraction of sp³-hybridized carbons (Fsp3) is 0.273. The van der Waals surface area contributed by atoms with Crippen LogP contribution in [0.2, 0.25) is 0 Å². The van der Waals surface area contributed by atoms with Gasteiger partial charge in [-0.3, -0.25) is 4.79 Å². The number of rotatable bonds is 2. The van der Waals surface area contributed by atoms with E-state index in [1.54, 1.807) is 11.9 Å². The zero-order valence-corrected chi connectivity index (χ0v) is 9.66. The number of nitrogens with zero attached hydrogens (tertiary/aromatic N) is 2. The summed E-state index contributed by atoms with van der Waals surface area (Å²) in [6.45, 7) is 0. The maximum absolute atomic E-state index is 11.5. The first-order valence-electron chi connectivity index (χ1n) is 4.90. The molecule has 2 N–H and O–H groups in total. The van der Waals surface area contributed by atoms with Gasteiger partial charge < -0.3 is 10.6 Å². The van der Waals surface area contributed by atoms with Gasteiger partial charge in [0.25, 0.3) is 0 Å². The molecule has 1 heterocycles. The van der Waals surface area contributed by atoms with Crippen LogP contribution < -0.4 is 10.6 Å². The smallest absolute Gasteiger partial charge is 0.231 e. The van der Waals surface area contributed by atoms with Gasteiger partial charge in [-0.2, -0.15) is 0 Å². The minimum atomic E-state index is 0.0986. The monoisotopic (exact) mass is 237 g/mol. The van der Waals surface area contributed by atoms with Gasteiger partial charge in [0, 0.05) is 12.7 Å². The number of amidine groups is 1. The van der Waals surface area contributed by atoms with Gasteiger partial charge >= 0.3 is 0 Å². The van der Waals surface area contributed by atoms with Gasteiger partial charge in [0.05, 0.1) is 18.0 Å². The number of alkyl halides is 1. The van der Waals surface area contributed by atoms with E-state index in [9.17, 15) is 4.79 Å². The number of fused-ring (bicyclic) bond motifs is 1. The third-order valence-corrected chi connectivity index (χ3v) is 2.83. The molecule has 1 aromatic carbocycles. The van der Waals surface area contributed by atoms with Crippen molar-refractivity contribution in [3.05, 3.63) is 23.8 Å². The largest absolute Gasteiger partial charge is 0.386 e. The quantitative estimate of drug-likeness (QED) is 0.481. The summed E-state index contributed by atoms with van der Waals surface area (Å²) < 4.78 is 0. The molecule has 0 bridgehead atoms. The summed E-state index contributed by atoms with van der Waals surface area (Å²) in [6.07, 6.45) is 0.459. The molecule has 5 heteroatoms. The fourth-order valence-electron chi connectivity index (χ4n) is 1.70. The highest BCUT2D eigenvalue weighted by Crippen LogP contribution is 2.31. The molecule has 0 unspecified atom stereocenters. The third kappa shape index (κ3) is 1.88. The van der Waals surface area contributed by atoms with Crippen molar-refractivity contribution >= 4 is 34.7 Å². The molecule has 1 aliphatic rings. The fourth-order valence-corrected chi connectivity index (χ4v) is 1.75. The summed E-state index contributed by atoms with van der Waals surface area (Å²) in [5.74, 6) is 0.668. The maximum atomic E-state index is 11.5. The number of hydrogen-bond acceptors (Lipinski definition) is 2. The Balaban J connectivity index is 2.38. The predicted molar refractivity (Wildman–Crippen MR) is 65.6 cm³/mol. The summed E-state index contributed by atoms with van der Waals surface area (Å²) in [5.41, 5.74) is 8.19. The highest BCUT2D eigenvalue weighted by Gasteiger charge is 2.23. The molecule has 84 valence electrons. The predicted octanol–water partition coefficient (Wildman–Crippen LogP) is 1.43. The van der Waals surface area contributed by atoms with Crippen molar-refractivity contribution in [2.75, 3.05) is 17.8 Å². The number of anilines is 1. The van der Waals surface area contributed by atoms with Crippen LogP contribution >= 0.6 is 11.6 Å². The molecule has 2 rings (SSSR count). The van der Waals surface area contributed by atoms with Crippen LogP contribution in [0.4, 0.5) is 11.4 Å². The van der Waals surface area contributed by atoms with E-state index < -0.39 is 0 Å². The molecule has 4 nitrogen and oxygen atoms in total. The molecule has 0 saturated carbocycles. The van der Waals surface area contributed by atoms with Crippen molar-refractivity contribution in [3.63, 3.8) is 0 Å². The van der Waals surface area contributed by atoms with Crippen molar-refractivity contribution in [2.24, 2.45) is 10.7 Å². The van der Waals surface area contributed by atoms with E-state index in [0.717, 1.165) is 16.9 Å². The van der Waals surface area contributed by atoms with Gasteiger partial charge in [0.15, 0.2) is 0 Å². The van der Waals surface area contributed by atoms with Crippen LogP contribution in [0, 0.1) is 0 Å². The Hall–Kier alpha value is -1.55. The molecule has 0 spiro atoms. The number of carbonyl (C=O) groups excluding carboxylic acids is 1. The van der Waals surface area contributed by atoms with E-state index >= 15 is 0 Å². The van der Waals surface area contributed by atoms with Crippen molar-refractivity contribution in [2.45, 2.75) is 6.42 Å². The average molecular weight is 238 g/mol. The second-order valence-electron chi connectivity index (χ2n) is 3.68. The Morgan fingerprint density at radius 2 is 2.38 bits per heavy atom. The van der Waals surface area contributed by atoms with Crippen LogP contribution in [0.1, 0.15) is 5.56 Å². The molecule has 0 aliphatic carbocycles. The number of aliphatic imine (C=N–C) groups is 1. The van der Waals surface area contributed by atoms with Crippen molar-refractivity contribution < 1.29 is 4.79 Å². The van der Waals surface area contributed by atoms with Gasteiger partial charge in [-0.15, -0.1) is 11.6 Å². The first-order valence-corrected chi connectivity index (χ1v) is 5.43. The number of nitrogens with two attached hydrogens (primary N) is 1. The number of likely N-dealkylation sites (N-methyl/N-ethyl adjacent to an activating group) is 1. The molecule has 1 aliphatic heterocycles. The molecule has 16 heavy (non-hydrogen) atoms. The van der Waals surface area contributed by atoms with Crippen LogP contribution in [0.5, 0.6) is 0 Å². The molecule has 0 atom stereocenters. The van der Waals surface area contributed by atoms with Crippen molar-refractivity contribution in [3.8, 4) is 0 Å².